The second kappa shape index (κ2) is 10.5. The topological polar surface area (TPSA) is 147 Å². The highest BCUT2D eigenvalue weighted by atomic mass is 35.5. The Morgan fingerprint density at radius 1 is 1.16 bits per heavy atom. The molecular formula is C20H17Cl2F3N3O7PS. The minimum atomic E-state index is -5.30. The molecular weight excluding hydrogens is 585 g/mol. The van der Waals surface area contributed by atoms with E-state index in [-0.39, 0.29) is 26.9 Å². The molecule has 0 radical (unpaired) electrons. The van der Waals surface area contributed by atoms with Crippen LogP contribution >= 0.6 is 43.7 Å². The van der Waals surface area contributed by atoms with Gasteiger partial charge in [0, 0.05) is 5.56 Å². The summed E-state index contributed by atoms with van der Waals surface area (Å²) in [7, 11) is -5.30. The fourth-order valence-corrected chi connectivity index (χ4v) is 5.58. The predicted molar refractivity (Wildman–Crippen MR) is 127 cm³/mol. The van der Waals surface area contributed by atoms with Crippen molar-refractivity contribution in [3.8, 4) is 11.3 Å². The van der Waals surface area contributed by atoms with Gasteiger partial charge in [0.1, 0.15) is 35.0 Å². The molecule has 37 heavy (non-hydrogen) atoms. The Morgan fingerprint density at radius 2 is 1.81 bits per heavy atom. The third-order valence-electron chi connectivity index (χ3n) is 5.77. The van der Waals surface area contributed by atoms with Crippen LogP contribution in [-0.4, -0.2) is 65.3 Å². The molecule has 1 fully saturated rings. The van der Waals surface area contributed by atoms with Crippen LogP contribution in [0.4, 0.5) is 13.2 Å². The molecule has 1 aliphatic rings. The van der Waals surface area contributed by atoms with Gasteiger partial charge in [-0.1, -0.05) is 34.5 Å². The lowest BCUT2D eigenvalue weighted by Crippen LogP contribution is -2.67. The average Bonchev–Trinajstić information content (AvgIpc) is 3.31. The SMILES string of the molecule is O=P(O)(O)O[C@@H]1[C@H](S)O[C@@H](CO)[C@@H](O)[C@@]1(c1ccc(Cl)c(Cl)c1)n1cc(-c2cc(F)c(F)c(F)c2)nn1. The Hall–Kier alpha value is -1.71. The Labute approximate surface area is 222 Å². The molecule has 1 aliphatic heterocycles. The molecule has 0 amide bonds. The molecule has 5 atom stereocenters. The molecule has 1 saturated heterocycles. The summed E-state index contributed by atoms with van der Waals surface area (Å²) in [4.78, 5) is 19.3. The molecule has 2 heterocycles. The monoisotopic (exact) mass is 601 g/mol. The molecule has 4 N–H and O–H groups in total. The molecule has 0 unspecified atom stereocenters. The highest BCUT2D eigenvalue weighted by molar-refractivity contribution is 7.80. The van der Waals surface area contributed by atoms with Gasteiger partial charge in [0.15, 0.2) is 17.5 Å². The van der Waals surface area contributed by atoms with Crippen molar-refractivity contribution in [3.63, 3.8) is 0 Å². The van der Waals surface area contributed by atoms with Crippen molar-refractivity contribution in [2.75, 3.05) is 6.61 Å². The number of ether oxygens (including phenoxy) is 1. The number of aliphatic hydroxyl groups is 2. The summed E-state index contributed by atoms with van der Waals surface area (Å²) in [6.07, 6.45) is -4.02. The van der Waals surface area contributed by atoms with Crippen molar-refractivity contribution in [2.24, 2.45) is 0 Å². The van der Waals surface area contributed by atoms with Crippen molar-refractivity contribution in [2.45, 2.75) is 29.3 Å². The normalized spacial score (nSPS) is 26.4. The number of hydrogen-bond donors (Lipinski definition) is 5. The lowest BCUT2D eigenvalue weighted by atomic mass is 9.75. The van der Waals surface area contributed by atoms with E-state index in [0.29, 0.717) is 12.1 Å². The van der Waals surface area contributed by atoms with Gasteiger partial charge in [0.25, 0.3) is 0 Å². The smallest absolute Gasteiger partial charge is 0.394 e. The van der Waals surface area contributed by atoms with Crippen LogP contribution in [0.1, 0.15) is 5.56 Å². The number of aromatic nitrogens is 3. The summed E-state index contributed by atoms with van der Waals surface area (Å²) < 4.78 is 64.5. The molecule has 17 heteroatoms. The summed E-state index contributed by atoms with van der Waals surface area (Å²) in [6, 6.07) is 5.22. The van der Waals surface area contributed by atoms with Gasteiger partial charge < -0.3 is 24.7 Å². The van der Waals surface area contributed by atoms with E-state index in [0.717, 1.165) is 10.9 Å². The molecule has 0 bridgehead atoms. The summed E-state index contributed by atoms with van der Waals surface area (Å²) in [5, 5.41) is 29.1. The Bertz CT molecular complexity index is 1360. The lowest BCUT2D eigenvalue weighted by molar-refractivity contribution is -0.202. The van der Waals surface area contributed by atoms with E-state index >= 15 is 0 Å². The van der Waals surface area contributed by atoms with Crippen molar-refractivity contribution < 1.29 is 47.0 Å². The van der Waals surface area contributed by atoms with E-state index in [9.17, 15) is 37.7 Å². The Morgan fingerprint density at radius 3 is 2.38 bits per heavy atom. The van der Waals surface area contributed by atoms with E-state index in [1.807, 2.05) is 0 Å². The van der Waals surface area contributed by atoms with Gasteiger partial charge in [-0.2, -0.15) is 0 Å². The van der Waals surface area contributed by atoms with E-state index in [1.165, 1.54) is 18.2 Å². The van der Waals surface area contributed by atoms with Gasteiger partial charge in [-0.3, -0.25) is 4.52 Å². The maximum Gasteiger partial charge on any atom is 0.470 e. The number of hydrogen-bond acceptors (Lipinski definition) is 8. The zero-order valence-electron chi connectivity index (χ0n) is 18.1. The van der Waals surface area contributed by atoms with Crippen LogP contribution in [-0.2, 0) is 19.4 Å². The van der Waals surface area contributed by atoms with E-state index < -0.39 is 61.2 Å². The van der Waals surface area contributed by atoms with Gasteiger partial charge in [0.2, 0.25) is 0 Å². The fraction of sp³-hybridized carbons (Fsp3) is 0.300. The van der Waals surface area contributed by atoms with Gasteiger partial charge in [-0.15, -0.1) is 17.7 Å². The van der Waals surface area contributed by atoms with Gasteiger partial charge in [-0.05, 0) is 29.8 Å². The zero-order valence-corrected chi connectivity index (χ0v) is 21.4. The van der Waals surface area contributed by atoms with Crippen LogP contribution in [0.15, 0.2) is 36.5 Å². The molecule has 3 aromatic rings. The van der Waals surface area contributed by atoms with E-state index in [2.05, 4.69) is 22.9 Å². The molecule has 0 aliphatic carbocycles. The average molecular weight is 602 g/mol. The summed E-state index contributed by atoms with van der Waals surface area (Å²) in [6.45, 7) is -0.778. The second-order valence-electron chi connectivity index (χ2n) is 7.97. The molecule has 0 saturated carbocycles. The van der Waals surface area contributed by atoms with Crippen molar-refractivity contribution in [1.82, 2.24) is 15.0 Å². The number of nitrogens with zero attached hydrogens (tertiary/aromatic N) is 3. The van der Waals surface area contributed by atoms with Crippen LogP contribution in [0, 0.1) is 17.5 Å². The number of phosphoric acid groups is 1. The first-order chi connectivity index (χ1) is 17.3. The molecule has 10 nitrogen and oxygen atoms in total. The number of benzene rings is 2. The van der Waals surface area contributed by atoms with Crippen molar-refractivity contribution in [3.05, 3.63) is 69.6 Å². The molecule has 0 spiro atoms. The largest absolute Gasteiger partial charge is 0.470 e. The van der Waals surface area contributed by atoms with Crippen molar-refractivity contribution in [1.29, 1.82) is 0 Å². The van der Waals surface area contributed by atoms with Gasteiger partial charge in [0.05, 0.1) is 22.8 Å². The number of rotatable bonds is 6. The first kappa shape index (κ1) is 28.3. The second-order valence-corrected chi connectivity index (χ2v) is 10.5. The van der Waals surface area contributed by atoms with Crippen LogP contribution in [0.25, 0.3) is 11.3 Å². The maximum atomic E-state index is 13.9. The zero-order chi connectivity index (χ0) is 27.3. The third-order valence-corrected chi connectivity index (χ3v) is 7.41. The van der Waals surface area contributed by atoms with Crippen LogP contribution in [0.3, 0.4) is 0 Å². The molecule has 1 aromatic heterocycles. The highest BCUT2D eigenvalue weighted by Crippen LogP contribution is 2.51. The fourth-order valence-electron chi connectivity index (χ4n) is 4.18. The van der Waals surface area contributed by atoms with Gasteiger partial charge in [-0.25, -0.2) is 22.4 Å². The summed E-state index contributed by atoms with van der Waals surface area (Å²) in [5.74, 6) is -4.72. The van der Waals surface area contributed by atoms with E-state index in [1.54, 1.807) is 0 Å². The van der Waals surface area contributed by atoms with Crippen LogP contribution in [0.2, 0.25) is 10.0 Å². The first-order valence-electron chi connectivity index (χ1n) is 10.2. The van der Waals surface area contributed by atoms with Crippen LogP contribution in [0.5, 0.6) is 0 Å². The molecule has 200 valence electrons. The standard InChI is InChI=1S/C20H17Cl2F3N3O7PS/c21-10-2-1-9(5-11(10)22)20(17(30)15(7-29)34-19(37)18(20)35-36(31,32)33)28-6-14(26-27-28)8-3-12(23)16(25)13(24)4-8/h1-6,15,17-19,29-30,37H,7H2,(H2,31,32,33)/t15-,17+,18+,19-,20+/m0/s1. The summed E-state index contributed by atoms with van der Waals surface area (Å²) >= 11 is 16.5. The van der Waals surface area contributed by atoms with Crippen molar-refractivity contribution >= 4 is 43.7 Å². The maximum absolute atomic E-state index is 13.9. The third kappa shape index (κ3) is 5.15. The predicted octanol–water partition coefficient (Wildman–Crippen LogP) is 2.90. The Kier molecular flexibility index (Phi) is 8.00. The number of halogens is 5. The van der Waals surface area contributed by atoms with Gasteiger partial charge >= 0.3 is 7.82 Å². The number of aliphatic hydroxyl groups excluding tert-OH is 2. The molecule has 2 aromatic carbocycles. The summed E-state index contributed by atoms with van der Waals surface area (Å²) in [5.41, 5.74) is -4.11. The van der Waals surface area contributed by atoms with E-state index in [4.69, 9.17) is 32.5 Å². The Balaban J connectivity index is 2.01. The quantitative estimate of drug-likeness (QED) is 0.163. The highest BCUT2D eigenvalue weighted by Gasteiger charge is 2.61. The van der Waals surface area contributed by atoms with Crippen LogP contribution < -0.4 is 0 Å². The first-order valence-corrected chi connectivity index (χ1v) is 13.0. The minimum Gasteiger partial charge on any atom is -0.394 e. The number of phosphoric ester groups is 1. The molecule has 4 rings (SSSR count). The number of thiol groups is 1. The lowest BCUT2D eigenvalue weighted by Gasteiger charge is -2.51. The minimum absolute atomic E-state index is 0.0153.